The van der Waals surface area contributed by atoms with Crippen LogP contribution in [0.5, 0.6) is 5.75 Å². The molecular formula is C15H17Cl2NO2. The molecule has 0 bridgehead atoms. The van der Waals surface area contributed by atoms with Gasteiger partial charge in [0.05, 0.1) is 17.8 Å². The van der Waals surface area contributed by atoms with E-state index in [0.717, 1.165) is 11.3 Å². The lowest BCUT2D eigenvalue weighted by molar-refractivity contribution is 0.301. The molecule has 1 aromatic carbocycles. The number of hydrogen-bond acceptors (Lipinski definition) is 3. The fraction of sp³-hybridized carbons (Fsp3) is 0.333. The molecular weight excluding hydrogens is 297 g/mol. The fourth-order valence-electron chi connectivity index (χ4n) is 1.69. The van der Waals surface area contributed by atoms with Crippen molar-refractivity contribution >= 4 is 23.2 Å². The zero-order valence-electron chi connectivity index (χ0n) is 11.5. The molecule has 0 amide bonds. The molecule has 3 nitrogen and oxygen atoms in total. The summed E-state index contributed by atoms with van der Waals surface area (Å²) in [6.45, 7) is 5.24. The van der Waals surface area contributed by atoms with Gasteiger partial charge in [-0.05, 0) is 18.2 Å². The molecule has 0 aliphatic carbocycles. The highest BCUT2D eigenvalue weighted by atomic mass is 35.5. The molecule has 0 radical (unpaired) electrons. The van der Waals surface area contributed by atoms with Gasteiger partial charge >= 0.3 is 0 Å². The predicted molar refractivity (Wildman–Crippen MR) is 81.5 cm³/mol. The highest BCUT2D eigenvalue weighted by Crippen LogP contribution is 2.28. The van der Waals surface area contributed by atoms with Crippen LogP contribution in [0.15, 0.2) is 34.9 Å². The van der Waals surface area contributed by atoms with Crippen LogP contribution in [0.2, 0.25) is 10.0 Å². The van der Waals surface area contributed by atoms with E-state index in [1.165, 1.54) is 0 Å². The summed E-state index contributed by atoms with van der Waals surface area (Å²) >= 11 is 12.0. The molecule has 1 aromatic heterocycles. The van der Waals surface area contributed by atoms with E-state index >= 15 is 0 Å². The minimum Gasteiger partial charge on any atom is -0.487 e. The Bertz CT molecular complexity index is 567. The first-order valence-corrected chi connectivity index (χ1v) is 7.18. The van der Waals surface area contributed by atoms with E-state index in [4.69, 9.17) is 32.4 Å². The molecule has 0 saturated carbocycles. The number of benzene rings is 1. The van der Waals surface area contributed by atoms with Gasteiger partial charge in [-0.1, -0.05) is 37.0 Å². The fourth-order valence-corrected chi connectivity index (χ4v) is 2.03. The summed E-state index contributed by atoms with van der Waals surface area (Å²) in [6.07, 6.45) is 1.66. The summed E-state index contributed by atoms with van der Waals surface area (Å²) in [5, 5.41) is 4.45. The molecule has 108 valence electrons. The number of ether oxygens (including phenoxy) is 1. The molecule has 0 spiro atoms. The minimum atomic E-state index is 0.395. The van der Waals surface area contributed by atoms with E-state index in [9.17, 15) is 0 Å². The molecule has 0 unspecified atom stereocenters. The molecule has 0 fully saturated rings. The molecule has 20 heavy (non-hydrogen) atoms. The van der Waals surface area contributed by atoms with E-state index in [0.29, 0.717) is 35.0 Å². The third kappa shape index (κ3) is 4.17. The second-order valence-corrected chi connectivity index (χ2v) is 5.61. The molecule has 2 aromatic rings. The van der Waals surface area contributed by atoms with Crippen LogP contribution >= 0.6 is 23.2 Å². The Morgan fingerprint density at radius 3 is 2.80 bits per heavy atom. The summed E-state index contributed by atoms with van der Waals surface area (Å²) in [4.78, 5) is 0. The maximum absolute atomic E-state index is 6.06. The lowest BCUT2D eigenvalue weighted by atomic mass is 10.2. The van der Waals surface area contributed by atoms with Gasteiger partial charge in [0.1, 0.15) is 18.1 Å². The van der Waals surface area contributed by atoms with Crippen LogP contribution in [0.3, 0.4) is 0 Å². The lowest BCUT2D eigenvalue weighted by Gasteiger charge is -2.10. The molecule has 0 saturated heterocycles. The quantitative estimate of drug-likeness (QED) is 0.842. The number of furan rings is 1. The van der Waals surface area contributed by atoms with E-state index in [-0.39, 0.29) is 0 Å². The van der Waals surface area contributed by atoms with Crippen LogP contribution in [0, 0.1) is 0 Å². The zero-order chi connectivity index (χ0) is 14.5. The number of hydrogen-bond donors (Lipinski definition) is 1. The van der Waals surface area contributed by atoms with Gasteiger partial charge in [0.25, 0.3) is 0 Å². The van der Waals surface area contributed by atoms with E-state index in [2.05, 4.69) is 19.2 Å². The largest absolute Gasteiger partial charge is 0.487 e. The second kappa shape index (κ2) is 7.02. The smallest absolute Gasteiger partial charge is 0.139 e. The molecule has 0 atom stereocenters. The Balaban J connectivity index is 2.00. The molecule has 5 heteroatoms. The monoisotopic (exact) mass is 313 g/mol. The van der Waals surface area contributed by atoms with Crippen molar-refractivity contribution in [1.82, 2.24) is 5.32 Å². The van der Waals surface area contributed by atoms with Gasteiger partial charge in [0, 0.05) is 22.7 Å². The van der Waals surface area contributed by atoms with Gasteiger partial charge in [0.2, 0.25) is 0 Å². The summed E-state index contributed by atoms with van der Waals surface area (Å²) in [7, 11) is 0. The van der Waals surface area contributed by atoms with Gasteiger partial charge in [-0.25, -0.2) is 0 Å². The molecule has 2 rings (SSSR count). The van der Waals surface area contributed by atoms with E-state index < -0.39 is 0 Å². The average Bonchev–Trinajstić information content (AvgIpc) is 2.85. The lowest BCUT2D eigenvalue weighted by Crippen LogP contribution is -2.22. The topological polar surface area (TPSA) is 34.4 Å². The summed E-state index contributed by atoms with van der Waals surface area (Å²) in [5.74, 6) is 1.44. The number of rotatable bonds is 6. The van der Waals surface area contributed by atoms with E-state index in [1.807, 2.05) is 6.07 Å². The Morgan fingerprint density at radius 1 is 1.25 bits per heavy atom. The minimum absolute atomic E-state index is 0.395. The van der Waals surface area contributed by atoms with Crippen LogP contribution in [0.1, 0.15) is 25.2 Å². The maximum Gasteiger partial charge on any atom is 0.139 e. The third-order valence-electron chi connectivity index (χ3n) is 2.78. The van der Waals surface area contributed by atoms with Crippen molar-refractivity contribution in [2.24, 2.45) is 0 Å². The van der Waals surface area contributed by atoms with Crippen LogP contribution < -0.4 is 10.1 Å². The van der Waals surface area contributed by atoms with Gasteiger partial charge in [-0.3, -0.25) is 0 Å². The first kappa shape index (κ1) is 15.2. The molecule has 0 aliphatic rings. The Labute approximate surface area is 128 Å². The highest BCUT2D eigenvalue weighted by molar-refractivity contribution is 6.34. The van der Waals surface area contributed by atoms with Crippen molar-refractivity contribution in [2.45, 2.75) is 33.0 Å². The summed E-state index contributed by atoms with van der Waals surface area (Å²) < 4.78 is 11.2. The summed E-state index contributed by atoms with van der Waals surface area (Å²) in [5.41, 5.74) is 0.995. The number of nitrogens with one attached hydrogen (secondary N) is 1. The van der Waals surface area contributed by atoms with Crippen molar-refractivity contribution < 1.29 is 9.15 Å². The zero-order valence-corrected chi connectivity index (χ0v) is 13.0. The van der Waals surface area contributed by atoms with Gasteiger partial charge in [-0.2, -0.15) is 0 Å². The second-order valence-electron chi connectivity index (χ2n) is 4.77. The van der Waals surface area contributed by atoms with Gasteiger partial charge in [-0.15, -0.1) is 0 Å². The third-order valence-corrected chi connectivity index (χ3v) is 3.33. The van der Waals surface area contributed by atoms with E-state index in [1.54, 1.807) is 24.5 Å². The average molecular weight is 314 g/mol. The van der Waals surface area contributed by atoms with Crippen LogP contribution in [-0.4, -0.2) is 6.04 Å². The molecule has 0 aliphatic heterocycles. The maximum atomic E-state index is 6.06. The first-order valence-electron chi connectivity index (χ1n) is 6.42. The van der Waals surface area contributed by atoms with Crippen molar-refractivity contribution in [1.29, 1.82) is 0 Å². The van der Waals surface area contributed by atoms with Gasteiger partial charge < -0.3 is 14.5 Å². The normalized spacial score (nSPS) is 11.1. The Morgan fingerprint density at radius 2 is 2.05 bits per heavy atom. The van der Waals surface area contributed by atoms with Crippen LogP contribution in [-0.2, 0) is 13.2 Å². The van der Waals surface area contributed by atoms with Crippen LogP contribution in [0.25, 0.3) is 0 Å². The highest BCUT2D eigenvalue weighted by Gasteiger charge is 2.09. The standard InChI is InChI=1S/C15H17Cl2NO2/c1-10(2)18-8-15-11(5-6-19-15)9-20-14-7-12(16)3-4-13(14)17/h3-7,10,18H,8-9H2,1-2H3. The summed E-state index contributed by atoms with van der Waals surface area (Å²) in [6, 6.07) is 7.45. The van der Waals surface area contributed by atoms with Crippen molar-refractivity contribution in [2.75, 3.05) is 0 Å². The van der Waals surface area contributed by atoms with Crippen molar-refractivity contribution in [3.8, 4) is 5.75 Å². The Kier molecular flexibility index (Phi) is 5.35. The van der Waals surface area contributed by atoms with Crippen LogP contribution in [0.4, 0.5) is 0 Å². The van der Waals surface area contributed by atoms with Gasteiger partial charge in [0.15, 0.2) is 0 Å². The van der Waals surface area contributed by atoms with Crippen molar-refractivity contribution in [3.63, 3.8) is 0 Å². The predicted octanol–water partition coefficient (Wildman–Crippen LogP) is 4.66. The Hall–Kier alpha value is -1.16. The van der Waals surface area contributed by atoms with Crippen molar-refractivity contribution in [3.05, 3.63) is 51.9 Å². The number of halogens is 2. The SMILES string of the molecule is CC(C)NCc1occc1COc1cc(Cl)ccc1Cl. The molecule has 1 heterocycles. The molecule has 1 N–H and O–H groups in total. The first-order chi connectivity index (χ1) is 9.56.